The molecule has 0 spiro atoms. The average molecular weight is 331 g/mol. The molecule has 2 rings (SSSR count). The van der Waals surface area contributed by atoms with Gasteiger partial charge in [-0.1, -0.05) is 30.3 Å². The molecule has 1 amide bonds. The average Bonchev–Trinajstić information content (AvgIpc) is 2.48. The standard InChI is InChI=1S/C15H22N2O2S.ClH/c1-20(19)11-14(12-6-3-2-4-7-12)17-15(18)13-8-5-9-16-10-13;/h2-4,6-7,13-14,16H,5,8-11H2,1H3,(H,17,18);1H. The fourth-order valence-electron chi connectivity index (χ4n) is 2.51. The molecule has 1 aromatic carbocycles. The molecule has 0 aromatic heterocycles. The lowest BCUT2D eigenvalue weighted by atomic mass is 9.98. The number of rotatable bonds is 5. The van der Waals surface area contributed by atoms with Gasteiger partial charge in [-0.25, -0.2) is 0 Å². The van der Waals surface area contributed by atoms with Crippen LogP contribution >= 0.6 is 12.4 Å². The van der Waals surface area contributed by atoms with Crippen molar-refractivity contribution < 1.29 is 9.00 Å². The van der Waals surface area contributed by atoms with E-state index in [2.05, 4.69) is 10.6 Å². The number of piperidine rings is 1. The summed E-state index contributed by atoms with van der Waals surface area (Å²) in [6.07, 6.45) is 3.63. The second-order valence-corrected chi connectivity index (χ2v) is 6.73. The van der Waals surface area contributed by atoms with Gasteiger partial charge >= 0.3 is 0 Å². The molecular formula is C15H23ClN2O2S. The van der Waals surface area contributed by atoms with Crippen molar-refractivity contribution in [2.45, 2.75) is 18.9 Å². The van der Waals surface area contributed by atoms with E-state index in [0.29, 0.717) is 5.75 Å². The van der Waals surface area contributed by atoms with Crippen LogP contribution in [0.25, 0.3) is 0 Å². The molecule has 1 aromatic rings. The van der Waals surface area contributed by atoms with Crippen LogP contribution in [0.3, 0.4) is 0 Å². The van der Waals surface area contributed by atoms with Crippen LogP contribution in [0.5, 0.6) is 0 Å². The lowest BCUT2D eigenvalue weighted by Crippen LogP contribution is -2.42. The van der Waals surface area contributed by atoms with Crippen molar-refractivity contribution >= 4 is 29.1 Å². The van der Waals surface area contributed by atoms with Crippen molar-refractivity contribution in [3.8, 4) is 0 Å². The van der Waals surface area contributed by atoms with E-state index < -0.39 is 10.8 Å². The first kappa shape index (κ1) is 18.1. The molecule has 1 heterocycles. The zero-order chi connectivity index (χ0) is 14.4. The van der Waals surface area contributed by atoms with Gasteiger partial charge in [-0.05, 0) is 24.9 Å². The lowest BCUT2D eigenvalue weighted by molar-refractivity contribution is -0.126. The molecule has 2 N–H and O–H groups in total. The Hall–Kier alpha value is -0.910. The highest BCUT2D eigenvalue weighted by Gasteiger charge is 2.24. The summed E-state index contributed by atoms with van der Waals surface area (Å²) in [4.78, 5) is 12.3. The predicted molar refractivity (Wildman–Crippen MR) is 89.1 cm³/mol. The fourth-order valence-corrected chi connectivity index (χ4v) is 3.25. The number of benzene rings is 1. The Morgan fingerprint density at radius 1 is 1.43 bits per heavy atom. The number of hydrogen-bond donors (Lipinski definition) is 2. The molecule has 21 heavy (non-hydrogen) atoms. The Morgan fingerprint density at radius 3 is 2.71 bits per heavy atom. The summed E-state index contributed by atoms with van der Waals surface area (Å²) in [6, 6.07) is 9.59. The van der Waals surface area contributed by atoms with Crippen molar-refractivity contribution in [3.63, 3.8) is 0 Å². The van der Waals surface area contributed by atoms with E-state index in [1.165, 1.54) is 0 Å². The van der Waals surface area contributed by atoms with Gasteiger partial charge in [0.2, 0.25) is 5.91 Å². The van der Waals surface area contributed by atoms with Gasteiger partial charge in [-0.15, -0.1) is 12.4 Å². The van der Waals surface area contributed by atoms with Crippen LogP contribution in [-0.2, 0) is 15.6 Å². The van der Waals surface area contributed by atoms with Gasteiger partial charge in [-0.3, -0.25) is 9.00 Å². The monoisotopic (exact) mass is 330 g/mol. The van der Waals surface area contributed by atoms with Crippen LogP contribution in [-0.4, -0.2) is 35.2 Å². The minimum atomic E-state index is -0.948. The van der Waals surface area contributed by atoms with Crippen molar-refractivity contribution in [2.75, 3.05) is 25.1 Å². The highest BCUT2D eigenvalue weighted by molar-refractivity contribution is 7.84. The van der Waals surface area contributed by atoms with E-state index in [9.17, 15) is 9.00 Å². The van der Waals surface area contributed by atoms with Gasteiger partial charge in [0.1, 0.15) is 0 Å². The van der Waals surface area contributed by atoms with Gasteiger partial charge < -0.3 is 10.6 Å². The summed E-state index contributed by atoms with van der Waals surface area (Å²) in [7, 11) is -0.948. The van der Waals surface area contributed by atoms with E-state index >= 15 is 0 Å². The van der Waals surface area contributed by atoms with Crippen LogP contribution in [0.15, 0.2) is 30.3 Å². The Bertz CT molecular complexity index is 464. The number of nitrogens with one attached hydrogen (secondary N) is 2. The number of amides is 1. The first-order valence-electron chi connectivity index (χ1n) is 7.03. The molecule has 3 atom stereocenters. The highest BCUT2D eigenvalue weighted by Crippen LogP contribution is 2.16. The molecule has 3 unspecified atom stereocenters. The van der Waals surface area contributed by atoms with Gasteiger partial charge in [-0.2, -0.15) is 0 Å². The first-order chi connectivity index (χ1) is 9.66. The summed E-state index contributed by atoms with van der Waals surface area (Å²) >= 11 is 0. The Labute approximate surface area is 134 Å². The smallest absolute Gasteiger partial charge is 0.224 e. The predicted octanol–water partition coefficient (Wildman–Crippen LogP) is 1.64. The molecule has 0 saturated carbocycles. The number of hydrogen-bond acceptors (Lipinski definition) is 3. The van der Waals surface area contributed by atoms with E-state index in [0.717, 1.165) is 31.5 Å². The van der Waals surface area contributed by atoms with Gasteiger partial charge in [0, 0.05) is 29.4 Å². The Kier molecular flexibility index (Phi) is 7.93. The van der Waals surface area contributed by atoms with Crippen LogP contribution < -0.4 is 10.6 Å². The summed E-state index contributed by atoms with van der Waals surface area (Å²) in [5.74, 6) is 0.548. The zero-order valence-electron chi connectivity index (χ0n) is 12.2. The van der Waals surface area contributed by atoms with Crippen LogP contribution in [0.1, 0.15) is 24.4 Å². The van der Waals surface area contributed by atoms with Gasteiger partial charge in [0.15, 0.2) is 0 Å². The zero-order valence-corrected chi connectivity index (χ0v) is 13.8. The van der Waals surface area contributed by atoms with Crippen LogP contribution in [0, 0.1) is 5.92 Å². The van der Waals surface area contributed by atoms with E-state index in [-0.39, 0.29) is 30.3 Å². The molecule has 0 bridgehead atoms. The third-order valence-electron chi connectivity index (χ3n) is 3.59. The maximum Gasteiger partial charge on any atom is 0.224 e. The molecular weight excluding hydrogens is 308 g/mol. The molecule has 1 saturated heterocycles. The maximum atomic E-state index is 12.3. The molecule has 118 valence electrons. The molecule has 1 aliphatic heterocycles. The topological polar surface area (TPSA) is 58.2 Å². The minimum Gasteiger partial charge on any atom is -0.348 e. The summed E-state index contributed by atoms with van der Waals surface area (Å²) in [5.41, 5.74) is 1.01. The van der Waals surface area contributed by atoms with E-state index in [4.69, 9.17) is 0 Å². The van der Waals surface area contributed by atoms with Crippen molar-refractivity contribution in [3.05, 3.63) is 35.9 Å². The number of halogens is 1. The van der Waals surface area contributed by atoms with Crippen molar-refractivity contribution in [1.29, 1.82) is 0 Å². The summed E-state index contributed by atoms with van der Waals surface area (Å²) < 4.78 is 11.5. The third kappa shape index (κ3) is 5.77. The quantitative estimate of drug-likeness (QED) is 0.863. The largest absolute Gasteiger partial charge is 0.348 e. The van der Waals surface area contributed by atoms with Crippen molar-refractivity contribution in [2.24, 2.45) is 5.92 Å². The first-order valence-corrected chi connectivity index (χ1v) is 8.75. The molecule has 0 radical (unpaired) electrons. The van der Waals surface area contributed by atoms with Gasteiger partial charge in [0.05, 0.1) is 12.0 Å². The number of carbonyl (C=O) groups excluding carboxylic acids is 1. The normalized spacial score (nSPS) is 20.9. The molecule has 6 heteroatoms. The van der Waals surface area contributed by atoms with Crippen LogP contribution in [0.2, 0.25) is 0 Å². The summed E-state index contributed by atoms with van der Waals surface area (Å²) in [5, 5.41) is 6.31. The molecule has 0 aliphatic carbocycles. The Morgan fingerprint density at radius 2 is 2.14 bits per heavy atom. The molecule has 1 aliphatic rings. The maximum absolute atomic E-state index is 12.3. The molecule has 4 nitrogen and oxygen atoms in total. The van der Waals surface area contributed by atoms with Gasteiger partial charge in [0.25, 0.3) is 0 Å². The third-order valence-corrected chi connectivity index (χ3v) is 4.39. The highest BCUT2D eigenvalue weighted by atomic mass is 35.5. The van der Waals surface area contributed by atoms with E-state index in [1.807, 2.05) is 30.3 Å². The summed E-state index contributed by atoms with van der Waals surface area (Å²) in [6.45, 7) is 1.73. The second kappa shape index (κ2) is 9.18. The second-order valence-electron chi connectivity index (χ2n) is 5.25. The minimum absolute atomic E-state index is 0. The molecule has 1 fully saturated rings. The fraction of sp³-hybridized carbons (Fsp3) is 0.533. The van der Waals surface area contributed by atoms with E-state index in [1.54, 1.807) is 6.26 Å². The SMILES string of the molecule is CS(=O)CC(NC(=O)C1CCCNC1)c1ccccc1.Cl. The van der Waals surface area contributed by atoms with Crippen molar-refractivity contribution in [1.82, 2.24) is 10.6 Å². The van der Waals surface area contributed by atoms with Crippen LogP contribution in [0.4, 0.5) is 0 Å². The Balaban J connectivity index is 0.00000220. The number of carbonyl (C=O) groups is 1. The lowest BCUT2D eigenvalue weighted by Gasteiger charge is -2.25.